The van der Waals surface area contributed by atoms with Gasteiger partial charge in [-0.1, -0.05) is 66.2 Å². The van der Waals surface area contributed by atoms with Crippen molar-refractivity contribution < 1.29 is 0 Å². The third-order valence-electron chi connectivity index (χ3n) is 4.57. The molecule has 0 N–H and O–H groups in total. The topological polar surface area (TPSA) is 0 Å². The second-order valence-corrected chi connectivity index (χ2v) is 6.06. The molecule has 0 aromatic rings. The van der Waals surface area contributed by atoms with Crippen LogP contribution in [-0.4, -0.2) is 0 Å². The van der Waals surface area contributed by atoms with Gasteiger partial charge in [-0.15, -0.1) is 0 Å². The van der Waals surface area contributed by atoms with Gasteiger partial charge in [0.05, 0.1) is 0 Å². The van der Waals surface area contributed by atoms with Crippen LogP contribution in [0.5, 0.6) is 0 Å². The Bertz CT molecular complexity index is 157. The summed E-state index contributed by atoms with van der Waals surface area (Å²) in [4.78, 5) is 0. The summed E-state index contributed by atoms with van der Waals surface area (Å²) in [5, 5.41) is 0. The average molecular weight is 196 g/mol. The zero-order valence-electron chi connectivity index (χ0n) is 10.6. The monoisotopic (exact) mass is 196 g/mol. The third kappa shape index (κ3) is 3.29. The van der Waals surface area contributed by atoms with E-state index in [0.717, 1.165) is 11.8 Å². The highest BCUT2D eigenvalue weighted by molar-refractivity contribution is 4.79. The van der Waals surface area contributed by atoms with Crippen molar-refractivity contribution in [2.24, 2.45) is 17.3 Å². The van der Waals surface area contributed by atoms with Gasteiger partial charge in [-0.05, 0) is 23.7 Å². The fourth-order valence-corrected chi connectivity index (χ4v) is 2.83. The van der Waals surface area contributed by atoms with Crippen LogP contribution in [0.3, 0.4) is 0 Å². The molecule has 0 amide bonds. The third-order valence-corrected chi connectivity index (χ3v) is 4.57. The van der Waals surface area contributed by atoms with E-state index in [9.17, 15) is 0 Å². The van der Waals surface area contributed by atoms with E-state index in [0.29, 0.717) is 5.41 Å². The van der Waals surface area contributed by atoms with Crippen molar-refractivity contribution in [2.75, 3.05) is 0 Å². The van der Waals surface area contributed by atoms with E-state index in [1.807, 2.05) is 0 Å². The van der Waals surface area contributed by atoms with Crippen LogP contribution >= 0.6 is 0 Å². The standard InChI is InChI=1S/C14H28/c1-12-10-8-6-5-7-9-11-14(3,4)13(12)2/h12-13H,5-11H2,1-4H3. The minimum Gasteiger partial charge on any atom is -0.0622 e. The highest BCUT2D eigenvalue weighted by atomic mass is 14.3. The fraction of sp³-hybridized carbons (Fsp3) is 1.00. The van der Waals surface area contributed by atoms with E-state index in [1.165, 1.54) is 44.9 Å². The summed E-state index contributed by atoms with van der Waals surface area (Å²) in [5.41, 5.74) is 0.566. The van der Waals surface area contributed by atoms with Crippen molar-refractivity contribution in [2.45, 2.75) is 72.6 Å². The largest absolute Gasteiger partial charge is 0.0622 e. The van der Waals surface area contributed by atoms with Crippen molar-refractivity contribution in [1.82, 2.24) is 0 Å². The van der Waals surface area contributed by atoms with Gasteiger partial charge in [0, 0.05) is 0 Å². The predicted molar refractivity (Wildman–Crippen MR) is 64.4 cm³/mol. The van der Waals surface area contributed by atoms with Gasteiger partial charge in [0.25, 0.3) is 0 Å². The molecule has 0 bridgehead atoms. The average Bonchev–Trinajstić information content (AvgIpc) is 2.13. The molecule has 0 radical (unpaired) electrons. The molecular weight excluding hydrogens is 168 g/mol. The summed E-state index contributed by atoms with van der Waals surface area (Å²) >= 11 is 0. The Balaban J connectivity index is 2.56. The van der Waals surface area contributed by atoms with Crippen LogP contribution in [0.15, 0.2) is 0 Å². The summed E-state index contributed by atoms with van der Waals surface area (Å²) in [6.07, 6.45) is 10.2. The summed E-state index contributed by atoms with van der Waals surface area (Å²) in [6, 6.07) is 0. The molecule has 0 spiro atoms. The Morgan fingerprint density at radius 1 is 0.857 bits per heavy atom. The van der Waals surface area contributed by atoms with Gasteiger partial charge in [0.2, 0.25) is 0 Å². The van der Waals surface area contributed by atoms with Gasteiger partial charge in [0.1, 0.15) is 0 Å². The summed E-state index contributed by atoms with van der Waals surface area (Å²) < 4.78 is 0. The van der Waals surface area contributed by atoms with Crippen LogP contribution in [0.2, 0.25) is 0 Å². The summed E-state index contributed by atoms with van der Waals surface area (Å²) in [6.45, 7) is 9.85. The van der Waals surface area contributed by atoms with Crippen LogP contribution in [0.25, 0.3) is 0 Å². The van der Waals surface area contributed by atoms with Crippen LogP contribution in [0.1, 0.15) is 72.6 Å². The van der Waals surface area contributed by atoms with Crippen molar-refractivity contribution in [3.8, 4) is 0 Å². The maximum atomic E-state index is 2.47. The molecule has 0 saturated heterocycles. The molecule has 0 aromatic carbocycles. The Labute approximate surface area is 90.5 Å². The number of hydrogen-bond donors (Lipinski definition) is 0. The highest BCUT2D eigenvalue weighted by Crippen LogP contribution is 2.39. The zero-order chi connectivity index (χ0) is 10.6. The number of rotatable bonds is 0. The predicted octanol–water partition coefficient (Wildman–Crippen LogP) is 5.03. The number of hydrogen-bond acceptors (Lipinski definition) is 0. The van der Waals surface area contributed by atoms with E-state index in [4.69, 9.17) is 0 Å². The minimum absolute atomic E-state index is 0.566. The summed E-state index contributed by atoms with van der Waals surface area (Å²) in [7, 11) is 0. The van der Waals surface area contributed by atoms with Crippen LogP contribution < -0.4 is 0 Å². The van der Waals surface area contributed by atoms with Gasteiger partial charge >= 0.3 is 0 Å². The molecule has 0 aliphatic heterocycles. The van der Waals surface area contributed by atoms with Gasteiger partial charge < -0.3 is 0 Å². The molecule has 2 unspecified atom stereocenters. The molecule has 0 aromatic heterocycles. The molecule has 0 nitrogen and oxygen atoms in total. The Hall–Kier alpha value is 0. The normalized spacial score (nSPS) is 35.1. The van der Waals surface area contributed by atoms with Crippen LogP contribution in [0.4, 0.5) is 0 Å². The molecule has 1 saturated carbocycles. The second kappa shape index (κ2) is 5.19. The maximum absolute atomic E-state index is 2.47. The fourth-order valence-electron chi connectivity index (χ4n) is 2.83. The Kier molecular flexibility index (Phi) is 4.47. The van der Waals surface area contributed by atoms with Crippen molar-refractivity contribution in [1.29, 1.82) is 0 Å². The zero-order valence-corrected chi connectivity index (χ0v) is 10.6. The van der Waals surface area contributed by atoms with Crippen molar-refractivity contribution >= 4 is 0 Å². The SMILES string of the molecule is CC1CCCCCCCC(C)(C)C1C. The van der Waals surface area contributed by atoms with E-state index < -0.39 is 0 Å². The molecule has 84 valence electrons. The van der Waals surface area contributed by atoms with Crippen LogP contribution in [0, 0.1) is 17.3 Å². The van der Waals surface area contributed by atoms with Crippen molar-refractivity contribution in [3.63, 3.8) is 0 Å². The lowest BCUT2D eigenvalue weighted by Gasteiger charge is -2.37. The molecule has 1 rings (SSSR count). The quantitative estimate of drug-likeness (QED) is 0.510. The van der Waals surface area contributed by atoms with E-state index in [-0.39, 0.29) is 0 Å². The van der Waals surface area contributed by atoms with Crippen LogP contribution in [-0.2, 0) is 0 Å². The molecule has 2 atom stereocenters. The van der Waals surface area contributed by atoms with Gasteiger partial charge in [0.15, 0.2) is 0 Å². The van der Waals surface area contributed by atoms with Crippen molar-refractivity contribution in [3.05, 3.63) is 0 Å². The maximum Gasteiger partial charge on any atom is -0.0326 e. The lowest BCUT2D eigenvalue weighted by molar-refractivity contribution is 0.136. The first kappa shape index (κ1) is 12.1. The first-order valence-electron chi connectivity index (χ1n) is 6.54. The van der Waals surface area contributed by atoms with Gasteiger partial charge in [-0.25, -0.2) is 0 Å². The second-order valence-electron chi connectivity index (χ2n) is 6.06. The molecular formula is C14H28. The van der Waals surface area contributed by atoms with Gasteiger partial charge in [-0.3, -0.25) is 0 Å². The van der Waals surface area contributed by atoms with Gasteiger partial charge in [-0.2, -0.15) is 0 Å². The first-order chi connectivity index (χ1) is 6.54. The molecule has 14 heavy (non-hydrogen) atoms. The molecule has 0 heterocycles. The molecule has 0 heteroatoms. The highest BCUT2D eigenvalue weighted by Gasteiger charge is 2.29. The van der Waals surface area contributed by atoms with E-state index in [2.05, 4.69) is 27.7 Å². The Morgan fingerprint density at radius 3 is 2.14 bits per heavy atom. The van der Waals surface area contributed by atoms with E-state index >= 15 is 0 Å². The molecule has 1 fully saturated rings. The molecule has 1 aliphatic carbocycles. The summed E-state index contributed by atoms with van der Waals surface area (Å²) in [5.74, 6) is 1.81. The Morgan fingerprint density at radius 2 is 1.43 bits per heavy atom. The smallest absolute Gasteiger partial charge is 0.0326 e. The first-order valence-corrected chi connectivity index (χ1v) is 6.54. The minimum atomic E-state index is 0.566. The van der Waals surface area contributed by atoms with E-state index in [1.54, 1.807) is 0 Å². The lowest BCUT2D eigenvalue weighted by Crippen LogP contribution is -2.27. The lowest BCUT2D eigenvalue weighted by atomic mass is 9.69. The molecule has 1 aliphatic rings.